The molecule has 0 saturated carbocycles. The third-order valence-corrected chi connectivity index (χ3v) is 4.68. The predicted molar refractivity (Wildman–Crippen MR) is 116 cm³/mol. The van der Waals surface area contributed by atoms with Crippen LogP contribution in [-0.2, 0) is 4.74 Å². The minimum Gasteiger partial charge on any atom is -0.356 e. The van der Waals surface area contributed by atoms with E-state index in [-0.39, 0.29) is 18.4 Å². The first-order valence-corrected chi connectivity index (χ1v) is 9.27. The van der Waals surface area contributed by atoms with E-state index in [1.165, 1.54) is 0 Å². The van der Waals surface area contributed by atoms with E-state index in [0.717, 1.165) is 22.3 Å². The van der Waals surface area contributed by atoms with Crippen molar-refractivity contribution in [2.24, 2.45) is 0 Å². The Balaban J connectivity index is 0.00000225. The highest BCUT2D eigenvalue weighted by atomic mass is 16.5. The Hall–Kier alpha value is -3.20. The van der Waals surface area contributed by atoms with E-state index < -0.39 is 0 Å². The van der Waals surface area contributed by atoms with Crippen molar-refractivity contribution >= 4 is 0 Å². The van der Waals surface area contributed by atoms with Gasteiger partial charge >= 0.3 is 0 Å². The van der Waals surface area contributed by atoms with Gasteiger partial charge in [0.1, 0.15) is 12.2 Å². The van der Waals surface area contributed by atoms with Crippen LogP contribution in [0.5, 0.6) is 0 Å². The lowest BCUT2D eigenvalue weighted by atomic mass is 9.98. The highest BCUT2D eigenvalue weighted by Crippen LogP contribution is 2.35. The quantitative estimate of drug-likeness (QED) is 0.410. The molecule has 0 saturated heterocycles. The molecule has 0 amide bonds. The van der Waals surface area contributed by atoms with Crippen LogP contribution in [0.2, 0.25) is 0 Å². The summed E-state index contributed by atoms with van der Waals surface area (Å²) >= 11 is 0. The van der Waals surface area contributed by atoms with E-state index in [0.29, 0.717) is 0 Å². The van der Waals surface area contributed by atoms with E-state index in [9.17, 15) is 0 Å². The van der Waals surface area contributed by atoms with Gasteiger partial charge in [0.25, 0.3) is 0 Å². The maximum Gasteiger partial charge on any atom is 0.109 e. The molecule has 3 N–H and O–H groups in total. The molecule has 4 aromatic rings. The van der Waals surface area contributed by atoms with Crippen molar-refractivity contribution in [1.29, 1.82) is 0 Å². The van der Waals surface area contributed by atoms with E-state index in [2.05, 4.69) is 97.1 Å². The summed E-state index contributed by atoms with van der Waals surface area (Å²) in [5, 5.41) is 0. The molecule has 140 valence electrons. The number of ether oxygens (including phenoxy) is 1. The Labute approximate surface area is 167 Å². The van der Waals surface area contributed by atoms with E-state index >= 15 is 0 Å². The maximum atomic E-state index is 6.79. The summed E-state index contributed by atoms with van der Waals surface area (Å²) in [6.45, 7) is 0. The molecule has 0 aliphatic carbocycles. The second kappa shape index (κ2) is 9.65. The van der Waals surface area contributed by atoms with E-state index in [4.69, 9.17) is 4.74 Å². The first kappa shape index (κ1) is 19.6. The maximum absolute atomic E-state index is 6.79. The monoisotopic (exact) mass is 367 g/mol. The Morgan fingerprint density at radius 3 is 0.786 bits per heavy atom. The molecule has 0 bridgehead atoms. The van der Waals surface area contributed by atoms with E-state index in [1.807, 2.05) is 24.3 Å². The van der Waals surface area contributed by atoms with E-state index in [1.54, 1.807) is 0 Å². The van der Waals surface area contributed by atoms with Gasteiger partial charge in [-0.05, 0) is 22.3 Å². The average Bonchev–Trinajstić information content (AvgIpc) is 2.77. The Morgan fingerprint density at radius 2 is 0.571 bits per heavy atom. The molecule has 2 heteroatoms. The molecule has 0 spiro atoms. The molecule has 28 heavy (non-hydrogen) atoms. The molecule has 0 aliphatic rings. The highest BCUT2D eigenvalue weighted by molar-refractivity contribution is 5.33. The summed E-state index contributed by atoms with van der Waals surface area (Å²) in [5.74, 6) is 0. The van der Waals surface area contributed by atoms with Crippen molar-refractivity contribution in [1.82, 2.24) is 6.15 Å². The van der Waals surface area contributed by atoms with Gasteiger partial charge in [-0.2, -0.15) is 0 Å². The van der Waals surface area contributed by atoms with Crippen LogP contribution in [0.15, 0.2) is 121 Å². The van der Waals surface area contributed by atoms with Crippen LogP contribution >= 0.6 is 0 Å². The van der Waals surface area contributed by atoms with Gasteiger partial charge in [0.15, 0.2) is 0 Å². The molecule has 0 heterocycles. The summed E-state index contributed by atoms with van der Waals surface area (Å²) in [4.78, 5) is 0. The van der Waals surface area contributed by atoms with Crippen molar-refractivity contribution < 1.29 is 4.74 Å². The zero-order chi connectivity index (χ0) is 18.3. The number of rotatable bonds is 6. The molecule has 0 aliphatic heterocycles. The van der Waals surface area contributed by atoms with Gasteiger partial charge in [0.05, 0.1) is 0 Å². The molecule has 0 radical (unpaired) electrons. The number of benzene rings is 4. The SMILES string of the molecule is N.c1ccc(C(OC(c2ccccc2)c2ccccc2)c2ccccc2)cc1. The smallest absolute Gasteiger partial charge is 0.109 e. The number of hydrogen-bond acceptors (Lipinski definition) is 2. The molecule has 2 nitrogen and oxygen atoms in total. The zero-order valence-corrected chi connectivity index (χ0v) is 15.8. The average molecular weight is 367 g/mol. The topological polar surface area (TPSA) is 44.2 Å². The van der Waals surface area contributed by atoms with Crippen LogP contribution < -0.4 is 6.15 Å². The molecular weight excluding hydrogens is 342 g/mol. The van der Waals surface area contributed by atoms with Crippen molar-refractivity contribution in [3.05, 3.63) is 144 Å². The van der Waals surface area contributed by atoms with Crippen LogP contribution in [0.1, 0.15) is 34.5 Å². The van der Waals surface area contributed by atoms with Crippen LogP contribution in [0, 0.1) is 0 Å². The van der Waals surface area contributed by atoms with Gasteiger partial charge in [0.2, 0.25) is 0 Å². The van der Waals surface area contributed by atoms with Crippen LogP contribution in [0.3, 0.4) is 0 Å². The molecule has 4 rings (SSSR count). The molecule has 0 unspecified atom stereocenters. The fourth-order valence-electron chi connectivity index (χ4n) is 3.35. The molecular formula is C26H25NO. The third kappa shape index (κ3) is 4.55. The molecule has 4 aromatic carbocycles. The summed E-state index contributed by atoms with van der Waals surface area (Å²) in [6, 6.07) is 41.7. The summed E-state index contributed by atoms with van der Waals surface area (Å²) in [7, 11) is 0. The van der Waals surface area contributed by atoms with Gasteiger partial charge in [0, 0.05) is 0 Å². The standard InChI is InChI=1S/C26H22O.H3N/c1-5-13-21(14-6-1)25(22-15-7-2-8-16-22)27-26(23-17-9-3-10-18-23)24-19-11-4-12-20-24;/h1-20,25-26H;1H3. The van der Waals surface area contributed by atoms with Gasteiger partial charge in [-0.25, -0.2) is 0 Å². The highest BCUT2D eigenvalue weighted by Gasteiger charge is 2.22. The van der Waals surface area contributed by atoms with Crippen molar-refractivity contribution in [2.75, 3.05) is 0 Å². The second-order valence-electron chi connectivity index (χ2n) is 6.54. The zero-order valence-electron chi connectivity index (χ0n) is 15.8. The molecule has 0 atom stereocenters. The first-order valence-electron chi connectivity index (χ1n) is 9.27. The first-order chi connectivity index (χ1) is 13.4. The van der Waals surface area contributed by atoms with Crippen molar-refractivity contribution in [3.8, 4) is 0 Å². The minimum atomic E-state index is -0.141. The minimum absolute atomic E-state index is 0. The van der Waals surface area contributed by atoms with Gasteiger partial charge in [-0.15, -0.1) is 0 Å². The Bertz CT molecular complexity index is 781. The van der Waals surface area contributed by atoms with Crippen molar-refractivity contribution in [2.45, 2.75) is 12.2 Å². The normalized spacial score (nSPS) is 10.6. The van der Waals surface area contributed by atoms with Crippen LogP contribution in [-0.4, -0.2) is 0 Å². The Kier molecular flexibility index (Phi) is 6.74. The van der Waals surface area contributed by atoms with Crippen LogP contribution in [0.4, 0.5) is 0 Å². The largest absolute Gasteiger partial charge is 0.356 e. The van der Waals surface area contributed by atoms with Gasteiger partial charge < -0.3 is 10.9 Å². The molecule has 0 aromatic heterocycles. The second-order valence-corrected chi connectivity index (χ2v) is 6.54. The summed E-state index contributed by atoms with van der Waals surface area (Å²) in [6.07, 6.45) is -0.282. The molecule has 0 fully saturated rings. The fourth-order valence-corrected chi connectivity index (χ4v) is 3.35. The third-order valence-electron chi connectivity index (χ3n) is 4.68. The summed E-state index contributed by atoms with van der Waals surface area (Å²) in [5.41, 5.74) is 4.61. The predicted octanol–water partition coefficient (Wildman–Crippen LogP) is 6.74. The number of hydrogen-bond donors (Lipinski definition) is 1. The fraction of sp³-hybridized carbons (Fsp3) is 0.0769. The van der Waals surface area contributed by atoms with Gasteiger partial charge in [-0.1, -0.05) is 121 Å². The lowest BCUT2D eigenvalue weighted by molar-refractivity contribution is 0.0308. The van der Waals surface area contributed by atoms with Crippen molar-refractivity contribution in [3.63, 3.8) is 0 Å². The van der Waals surface area contributed by atoms with Gasteiger partial charge in [-0.3, -0.25) is 0 Å². The lowest BCUT2D eigenvalue weighted by Gasteiger charge is -2.26. The summed E-state index contributed by atoms with van der Waals surface area (Å²) < 4.78 is 6.79. The lowest BCUT2D eigenvalue weighted by Crippen LogP contribution is -2.13. The van der Waals surface area contributed by atoms with Crippen LogP contribution in [0.25, 0.3) is 0 Å². The Morgan fingerprint density at radius 1 is 0.357 bits per heavy atom.